The van der Waals surface area contributed by atoms with E-state index in [1.165, 1.54) is 6.07 Å². The van der Waals surface area contributed by atoms with E-state index < -0.39 is 34.7 Å². The molecule has 3 rings (SSSR count). The van der Waals surface area contributed by atoms with Gasteiger partial charge in [0.05, 0.1) is 29.5 Å². The highest BCUT2D eigenvalue weighted by Gasteiger charge is 2.22. The van der Waals surface area contributed by atoms with Crippen LogP contribution in [0.3, 0.4) is 0 Å². The summed E-state index contributed by atoms with van der Waals surface area (Å²) in [6.07, 6.45) is 1.98. The summed E-state index contributed by atoms with van der Waals surface area (Å²) in [7, 11) is 1.94. The number of H-pyrrole nitrogens is 2. The highest BCUT2D eigenvalue weighted by atomic mass is 19.1. The molecule has 0 fully saturated rings. The monoisotopic (exact) mass is 462 g/mol. The smallest absolute Gasteiger partial charge is 0.268 e. The first kappa shape index (κ1) is 24.2. The molecular formula is C22H25F3N6O2. The summed E-state index contributed by atoms with van der Waals surface area (Å²) >= 11 is 0. The Labute approximate surface area is 188 Å². The maximum absolute atomic E-state index is 13.9. The zero-order chi connectivity index (χ0) is 24.1. The standard InChI is InChI=1S/C22H25F3N6O2/c1-4-17(30-31(3)5-2)18-9-14(28-29-18)11-27-22(33)19-6-12(10-26-19)21(32)20-15(24)7-13(23)8-16(20)25/h6-10,17,26,30H,4-5,11H2,1-3H3,(H,27,33)(H,28,29). The van der Waals surface area contributed by atoms with Crippen LogP contribution in [0.5, 0.6) is 0 Å². The first-order valence-corrected chi connectivity index (χ1v) is 10.4. The van der Waals surface area contributed by atoms with Crippen molar-refractivity contribution in [3.8, 4) is 0 Å². The number of benzene rings is 1. The van der Waals surface area contributed by atoms with Gasteiger partial charge >= 0.3 is 0 Å². The third-order valence-electron chi connectivity index (χ3n) is 5.13. The maximum Gasteiger partial charge on any atom is 0.268 e. The van der Waals surface area contributed by atoms with Crippen LogP contribution in [0.1, 0.15) is 64.1 Å². The van der Waals surface area contributed by atoms with Crippen LogP contribution in [0.2, 0.25) is 0 Å². The van der Waals surface area contributed by atoms with Crippen molar-refractivity contribution < 1.29 is 22.8 Å². The molecule has 1 atom stereocenters. The SMILES string of the molecule is CCC(NN(C)CC)c1cc(CNC(=O)c2cc(C(=O)c3c(F)cc(F)cc3F)c[nH]2)[nH]n1. The van der Waals surface area contributed by atoms with Crippen molar-refractivity contribution in [2.75, 3.05) is 13.6 Å². The lowest BCUT2D eigenvalue weighted by Crippen LogP contribution is -2.37. The average molecular weight is 462 g/mol. The minimum Gasteiger partial charge on any atom is -0.356 e. The van der Waals surface area contributed by atoms with Crippen LogP contribution in [-0.2, 0) is 6.54 Å². The molecule has 0 saturated heterocycles. The summed E-state index contributed by atoms with van der Waals surface area (Å²) in [6, 6.07) is 3.88. The lowest BCUT2D eigenvalue weighted by molar-refractivity contribution is 0.0946. The molecule has 0 aliphatic carbocycles. The van der Waals surface area contributed by atoms with Gasteiger partial charge < -0.3 is 10.3 Å². The molecule has 3 aromatic rings. The van der Waals surface area contributed by atoms with E-state index in [1.807, 2.05) is 32.0 Å². The summed E-state index contributed by atoms with van der Waals surface area (Å²) in [5.74, 6) is -5.29. The molecule has 176 valence electrons. The molecule has 0 aliphatic heterocycles. The Morgan fingerprint density at radius 1 is 1.12 bits per heavy atom. The fourth-order valence-corrected chi connectivity index (χ4v) is 3.20. The van der Waals surface area contributed by atoms with Crippen molar-refractivity contribution in [1.29, 1.82) is 0 Å². The Morgan fingerprint density at radius 2 is 1.82 bits per heavy atom. The molecule has 8 nitrogen and oxygen atoms in total. The topological polar surface area (TPSA) is 106 Å². The van der Waals surface area contributed by atoms with E-state index in [1.54, 1.807) is 0 Å². The van der Waals surface area contributed by atoms with Gasteiger partial charge in [0.25, 0.3) is 5.91 Å². The highest BCUT2D eigenvalue weighted by molar-refractivity contribution is 6.10. The molecular weight excluding hydrogens is 437 g/mol. The van der Waals surface area contributed by atoms with Crippen LogP contribution in [0.25, 0.3) is 0 Å². The number of amides is 1. The first-order chi connectivity index (χ1) is 15.7. The number of halogens is 3. The molecule has 0 radical (unpaired) electrons. The van der Waals surface area contributed by atoms with Crippen molar-refractivity contribution in [3.05, 3.63) is 76.1 Å². The van der Waals surface area contributed by atoms with Gasteiger partial charge in [0.1, 0.15) is 23.1 Å². The van der Waals surface area contributed by atoms with E-state index >= 15 is 0 Å². The van der Waals surface area contributed by atoms with Crippen LogP contribution < -0.4 is 10.7 Å². The summed E-state index contributed by atoms with van der Waals surface area (Å²) in [5.41, 5.74) is 3.81. The molecule has 33 heavy (non-hydrogen) atoms. The van der Waals surface area contributed by atoms with Gasteiger partial charge in [-0.05, 0) is 18.6 Å². The average Bonchev–Trinajstić information content (AvgIpc) is 3.45. The lowest BCUT2D eigenvalue weighted by atomic mass is 10.0. The van der Waals surface area contributed by atoms with Crippen molar-refractivity contribution >= 4 is 11.7 Å². The summed E-state index contributed by atoms with van der Waals surface area (Å²) < 4.78 is 40.9. The number of aromatic amines is 2. The highest BCUT2D eigenvalue weighted by Crippen LogP contribution is 2.20. The van der Waals surface area contributed by atoms with Gasteiger partial charge in [0.15, 0.2) is 5.78 Å². The quantitative estimate of drug-likeness (QED) is 0.274. The Kier molecular flexibility index (Phi) is 7.67. The van der Waals surface area contributed by atoms with Gasteiger partial charge in [0.2, 0.25) is 0 Å². The van der Waals surface area contributed by atoms with Gasteiger partial charge in [-0.1, -0.05) is 13.8 Å². The van der Waals surface area contributed by atoms with E-state index in [0.717, 1.165) is 24.9 Å². The van der Waals surface area contributed by atoms with Crippen LogP contribution in [0.4, 0.5) is 13.2 Å². The fourth-order valence-electron chi connectivity index (χ4n) is 3.20. The summed E-state index contributed by atoms with van der Waals surface area (Å²) in [5, 5.41) is 11.8. The predicted octanol–water partition coefficient (Wildman–Crippen LogP) is 3.22. The summed E-state index contributed by atoms with van der Waals surface area (Å²) in [4.78, 5) is 27.5. The molecule has 4 N–H and O–H groups in total. The number of hydrazine groups is 1. The van der Waals surface area contributed by atoms with Gasteiger partial charge in [-0.3, -0.25) is 14.7 Å². The maximum atomic E-state index is 13.9. The molecule has 0 spiro atoms. The van der Waals surface area contributed by atoms with Crippen LogP contribution >= 0.6 is 0 Å². The van der Waals surface area contributed by atoms with Crippen LogP contribution in [0.15, 0.2) is 30.5 Å². The third kappa shape index (κ3) is 5.68. The number of nitrogens with one attached hydrogen (secondary N) is 4. The zero-order valence-electron chi connectivity index (χ0n) is 18.4. The molecule has 0 saturated carbocycles. The Hall–Kier alpha value is -3.44. The zero-order valence-corrected chi connectivity index (χ0v) is 18.4. The Balaban J connectivity index is 1.64. The minimum absolute atomic E-state index is 0.0138. The van der Waals surface area contributed by atoms with Crippen LogP contribution in [0, 0.1) is 17.5 Å². The second-order valence-corrected chi connectivity index (χ2v) is 7.48. The molecule has 0 aliphatic rings. The number of nitrogens with zero attached hydrogens (tertiary/aromatic N) is 2. The number of rotatable bonds is 10. The largest absolute Gasteiger partial charge is 0.356 e. The third-order valence-corrected chi connectivity index (χ3v) is 5.13. The van der Waals surface area contributed by atoms with E-state index in [0.29, 0.717) is 17.8 Å². The second-order valence-electron chi connectivity index (χ2n) is 7.48. The fraction of sp³-hybridized carbons (Fsp3) is 0.318. The van der Waals surface area contributed by atoms with Gasteiger partial charge in [-0.2, -0.15) is 5.10 Å². The van der Waals surface area contributed by atoms with E-state index in [9.17, 15) is 22.8 Å². The number of hydrogen-bond acceptors (Lipinski definition) is 5. The minimum atomic E-state index is -1.32. The number of hydrogen-bond donors (Lipinski definition) is 4. The molecule has 1 aromatic carbocycles. The Morgan fingerprint density at radius 3 is 2.45 bits per heavy atom. The molecule has 0 bridgehead atoms. The number of ketones is 1. The van der Waals surface area contributed by atoms with E-state index in [-0.39, 0.29) is 23.8 Å². The normalized spacial score (nSPS) is 12.2. The van der Waals surface area contributed by atoms with Gasteiger partial charge in [0, 0.05) is 37.5 Å². The van der Waals surface area contributed by atoms with Crippen molar-refractivity contribution in [2.24, 2.45) is 0 Å². The number of carbonyl (C=O) groups excluding carboxylic acids is 2. The molecule has 1 amide bonds. The van der Waals surface area contributed by atoms with Crippen molar-refractivity contribution in [2.45, 2.75) is 32.9 Å². The lowest BCUT2D eigenvalue weighted by Gasteiger charge is -2.22. The first-order valence-electron chi connectivity index (χ1n) is 10.4. The van der Waals surface area contributed by atoms with E-state index in [2.05, 4.69) is 25.9 Å². The second kappa shape index (κ2) is 10.5. The number of carbonyl (C=O) groups is 2. The molecule has 2 heterocycles. The van der Waals surface area contributed by atoms with E-state index in [4.69, 9.17) is 0 Å². The van der Waals surface area contributed by atoms with Crippen molar-refractivity contribution in [3.63, 3.8) is 0 Å². The number of aromatic nitrogens is 3. The van der Waals surface area contributed by atoms with Crippen LogP contribution in [-0.4, -0.2) is 45.5 Å². The van der Waals surface area contributed by atoms with Gasteiger partial charge in [-0.25, -0.2) is 23.6 Å². The van der Waals surface area contributed by atoms with Crippen molar-refractivity contribution in [1.82, 2.24) is 30.9 Å². The molecule has 1 unspecified atom stereocenters. The molecule has 11 heteroatoms. The van der Waals surface area contributed by atoms with Gasteiger partial charge in [-0.15, -0.1) is 0 Å². The Bertz CT molecular complexity index is 1120. The summed E-state index contributed by atoms with van der Waals surface area (Å²) in [6.45, 7) is 5.03. The molecule has 2 aromatic heterocycles. The predicted molar refractivity (Wildman–Crippen MR) is 115 cm³/mol.